The van der Waals surface area contributed by atoms with E-state index >= 15 is 0 Å². The molecule has 0 aromatic heterocycles. The van der Waals surface area contributed by atoms with Gasteiger partial charge in [0.15, 0.2) is 0 Å². The van der Waals surface area contributed by atoms with Crippen molar-refractivity contribution in [2.45, 2.75) is 51.7 Å². The summed E-state index contributed by atoms with van der Waals surface area (Å²) >= 11 is 0. The van der Waals surface area contributed by atoms with E-state index in [1.807, 2.05) is 12.1 Å². The summed E-state index contributed by atoms with van der Waals surface area (Å²) in [5, 5.41) is 2.87. The molecule has 0 radical (unpaired) electrons. The second-order valence-electron chi connectivity index (χ2n) is 6.82. The molecule has 1 aliphatic heterocycles. The van der Waals surface area contributed by atoms with Crippen LogP contribution in [0.1, 0.15) is 40.0 Å². The summed E-state index contributed by atoms with van der Waals surface area (Å²) in [5.41, 5.74) is -0.116. The lowest BCUT2D eigenvalue weighted by molar-refractivity contribution is -0.122. The van der Waals surface area contributed by atoms with E-state index < -0.39 is 17.7 Å². The molecular weight excluding hydrogens is 308 g/mol. The number of hydrogen-bond donors (Lipinski definition) is 1. The Morgan fingerprint density at radius 2 is 1.96 bits per heavy atom. The van der Waals surface area contributed by atoms with Crippen molar-refractivity contribution in [1.29, 1.82) is 0 Å². The highest BCUT2D eigenvalue weighted by atomic mass is 16.6. The average Bonchev–Trinajstić information content (AvgIpc) is 2.71. The molecule has 1 heterocycles. The molecule has 1 aliphatic rings. The molecule has 0 saturated carbocycles. The van der Waals surface area contributed by atoms with Gasteiger partial charge in [-0.05, 0) is 52.2 Å². The Kier molecular flexibility index (Phi) is 5.70. The maximum absolute atomic E-state index is 12.9. The van der Waals surface area contributed by atoms with E-state index in [1.165, 1.54) is 4.90 Å². The first-order valence-electron chi connectivity index (χ1n) is 8.26. The van der Waals surface area contributed by atoms with Crippen molar-refractivity contribution in [2.24, 2.45) is 0 Å². The summed E-state index contributed by atoms with van der Waals surface area (Å²) in [7, 11) is 1.54. The molecule has 2 rings (SSSR count). The van der Waals surface area contributed by atoms with E-state index in [-0.39, 0.29) is 5.91 Å². The Labute approximate surface area is 143 Å². The molecule has 1 atom stereocenters. The van der Waals surface area contributed by atoms with Crippen LogP contribution < -0.4 is 15.0 Å². The first kappa shape index (κ1) is 18.1. The van der Waals surface area contributed by atoms with Gasteiger partial charge in [-0.2, -0.15) is 0 Å². The molecule has 1 saturated heterocycles. The van der Waals surface area contributed by atoms with Gasteiger partial charge >= 0.3 is 6.09 Å². The van der Waals surface area contributed by atoms with Gasteiger partial charge in [0.2, 0.25) is 5.91 Å². The lowest BCUT2D eigenvalue weighted by atomic mass is 10.1. The van der Waals surface area contributed by atoms with Crippen LogP contribution >= 0.6 is 0 Å². The van der Waals surface area contributed by atoms with Gasteiger partial charge in [-0.3, -0.25) is 9.69 Å². The fourth-order valence-electron chi connectivity index (χ4n) is 2.70. The van der Waals surface area contributed by atoms with Crippen molar-refractivity contribution in [3.63, 3.8) is 0 Å². The van der Waals surface area contributed by atoms with Crippen molar-refractivity contribution < 1.29 is 19.1 Å². The van der Waals surface area contributed by atoms with Crippen molar-refractivity contribution in [3.8, 4) is 5.75 Å². The summed E-state index contributed by atoms with van der Waals surface area (Å²) in [4.78, 5) is 26.8. The Balaban J connectivity index is 2.44. The smallest absolute Gasteiger partial charge is 0.415 e. The van der Waals surface area contributed by atoms with E-state index in [2.05, 4.69) is 5.32 Å². The van der Waals surface area contributed by atoms with Crippen LogP contribution in [0, 0.1) is 0 Å². The van der Waals surface area contributed by atoms with Crippen molar-refractivity contribution in [3.05, 3.63) is 24.3 Å². The van der Waals surface area contributed by atoms with Crippen molar-refractivity contribution in [1.82, 2.24) is 5.32 Å². The minimum atomic E-state index is -0.654. The third kappa shape index (κ3) is 4.40. The number of carbonyl (C=O) groups excluding carboxylic acids is 2. The zero-order valence-corrected chi connectivity index (χ0v) is 14.8. The first-order chi connectivity index (χ1) is 11.3. The van der Waals surface area contributed by atoms with E-state index in [9.17, 15) is 9.59 Å². The minimum Gasteiger partial charge on any atom is -0.495 e. The zero-order chi connectivity index (χ0) is 17.7. The van der Waals surface area contributed by atoms with E-state index in [0.29, 0.717) is 24.4 Å². The molecule has 0 bridgehead atoms. The van der Waals surface area contributed by atoms with Gasteiger partial charge in [0.05, 0.1) is 12.8 Å². The van der Waals surface area contributed by atoms with Gasteiger partial charge in [0.1, 0.15) is 17.4 Å². The van der Waals surface area contributed by atoms with Gasteiger partial charge in [-0.15, -0.1) is 0 Å². The third-order valence-corrected chi connectivity index (χ3v) is 3.75. The zero-order valence-electron chi connectivity index (χ0n) is 14.8. The standard InChI is InChI=1S/C18H26N2O4/c1-18(2,3)24-17(22)20(13-9-5-6-11-15(13)23-4)14-10-7-8-12-19-16(14)21/h5-6,9,11,14H,7-8,10,12H2,1-4H3,(H,19,21)/t14-/m0/s1. The van der Waals surface area contributed by atoms with Crippen LogP contribution in [-0.4, -0.2) is 37.3 Å². The average molecular weight is 334 g/mol. The minimum absolute atomic E-state index is 0.163. The summed E-state index contributed by atoms with van der Waals surface area (Å²) in [6, 6.07) is 6.55. The highest BCUT2D eigenvalue weighted by Crippen LogP contribution is 2.32. The molecule has 1 aromatic carbocycles. The largest absolute Gasteiger partial charge is 0.495 e. The van der Waals surface area contributed by atoms with Gasteiger partial charge in [0, 0.05) is 6.54 Å². The van der Waals surface area contributed by atoms with Gasteiger partial charge in [-0.1, -0.05) is 12.1 Å². The highest BCUT2D eigenvalue weighted by Gasteiger charge is 2.36. The topological polar surface area (TPSA) is 67.9 Å². The number of nitrogens with one attached hydrogen (secondary N) is 1. The molecular formula is C18H26N2O4. The Morgan fingerprint density at radius 1 is 1.25 bits per heavy atom. The van der Waals surface area contributed by atoms with Crippen LogP contribution in [0.3, 0.4) is 0 Å². The summed E-state index contributed by atoms with van der Waals surface area (Å²) in [5.74, 6) is 0.365. The van der Waals surface area contributed by atoms with E-state index in [0.717, 1.165) is 12.8 Å². The summed E-state index contributed by atoms with van der Waals surface area (Å²) in [6.07, 6.45) is 1.80. The Bertz CT molecular complexity index is 595. The number of anilines is 1. The lowest BCUT2D eigenvalue weighted by Crippen LogP contribution is -2.50. The molecule has 6 heteroatoms. The van der Waals surface area contributed by atoms with Crippen LogP contribution in [0.4, 0.5) is 10.5 Å². The molecule has 132 valence electrons. The second-order valence-corrected chi connectivity index (χ2v) is 6.82. The number of ether oxygens (including phenoxy) is 2. The predicted octanol–water partition coefficient (Wildman–Crippen LogP) is 3.11. The number of methoxy groups -OCH3 is 1. The van der Waals surface area contributed by atoms with E-state index in [4.69, 9.17) is 9.47 Å². The first-order valence-corrected chi connectivity index (χ1v) is 8.26. The molecule has 1 N–H and O–H groups in total. The Morgan fingerprint density at radius 3 is 2.62 bits per heavy atom. The molecule has 24 heavy (non-hydrogen) atoms. The number of amides is 2. The highest BCUT2D eigenvalue weighted by molar-refractivity contribution is 5.98. The molecule has 0 unspecified atom stereocenters. The van der Waals surface area contributed by atoms with Gasteiger partial charge in [0.25, 0.3) is 0 Å². The van der Waals surface area contributed by atoms with E-state index in [1.54, 1.807) is 40.0 Å². The maximum atomic E-state index is 12.9. The lowest BCUT2D eigenvalue weighted by Gasteiger charge is -2.32. The number of benzene rings is 1. The predicted molar refractivity (Wildman–Crippen MR) is 92.4 cm³/mol. The van der Waals surface area contributed by atoms with Crippen LogP contribution in [0.5, 0.6) is 5.75 Å². The van der Waals surface area contributed by atoms with Crippen molar-refractivity contribution >= 4 is 17.7 Å². The number of para-hydroxylation sites is 2. The Hall–Kier alpha value is -2.24. The molecule has 1 fully saturated rings. The fraction of sp³-hybridized carbons (Fsp3) is 0.556. The van der Waals surface area contributed by atoms with Gasteiger partial charge < -0.3 is 14.8 Å². The monoisotopic (exact) mass is 334 g/mol. The number of carbonyl (C=O) groups is 2. The van der Waals surface area contributed by atoms with Crippen LogP contribution in [-0.2, 0) is 9.53 Å². The summed E-state index contributed by atoms with van der Waals surface area (Å²) < 4.78 is 10.9. The van der Waals surface area contributed by atoms with Gasteiger partial charge in [-0.25, -0.2) is 4.79 Å². The quantitative estimate of drug-likeness (QED) is 0.922. The summed E-state index contributed by atoms with van der Waals surface area (Å²) in [6.45, 7) is 6.04. The molecule has 1 aromatic rings. The number of rotatable bonds is 3. The third-order valence-electron chi connectivity index (χ3n) is 3.75. The molecule has 0 spiro atoms. The van der Waals surface area contributed by atoms with Crippen LogP contribution in [0.15, 0.2) is 24.3 Å². The fourth-order valence-corrected chi connectivity index (χ4v) is 2.70. The number of hydrogen-bond acceptors (Lipinski definition) is 4. The molecule has 0 aliphatic carbocycles. The maximum Gasteiger partial charge on any atom is 0.415 e. The normalized spacial score (nSPS) is 18.3. The molecule has 2 amide bonds. The van der Waals surface area contributed by atoms with Crippen molar-refractivity contribution in [2.75, 3.05) is 18.6 Å². The van der Waals surface area contributed by atoms with Crippen LogP contribution in [0.25, 0.3) is 0 Å². The molecule has 6 nitrogen and oxygen atoms in total. The second kappa shape index (κ2) is 7.55. The van der Waals surface area contributed by atoms with Crippen LogP contribution in [0.2, 0.25) is 0 Å². The number of nitrogens with zero attached hydrogens (tertiary/aromatic N) is 1. The SMILES string of the molecule is COc1ccccc1N(C(=O)OC(C)(C)C)[C@H]1CCCCNC1=O.